The Hall–Kier alpha value is -1.75. The monoisotopic (exact) mass is 320 g/mol. The zero-order valence-corrected chi connectivity index (χ0v) is 14.6. The molecule has 128 valence electrons. The lowest BCUT2D eigenvalue weighted by atomic mass is 9.94. The van der Waals surface area contributed by atoms with E-state index in [9.17, 15) is 4.79 Å². The minimum atomic E-state index is -0.374. The molecule has 2 rings (SSSR count). The van der Waals surface area contributed by atoms with Crippen molar-refractivity contribution in [3.05, 3.63) is 23.8 Å². The summed E-state index contributed by atoms with van der Waals surface area (Å²) in [5.74, 6) is 1.50. The number of methoxy groups -OCH3 is 2. The second-order valence-corrected chi connectivity index (χ2v) is 6.42. The molecule has 0 aliphatic heterocycles. The van der Waals surface area contributed by atoms with Crippen molar-refractivity contribution in [2.75, 3.05) is 41.4 Å². The number of carbonyl (C=O) groups excluding carboxylic acids is 1. The van der Waals surface area contributed by atoms with E-state index in [1.54, 1.807) is 14.2 Å². The highest BCUT2D eigenvalue weighted by Crippen LogP contribution is 2.50. The second kappa shape index (κ2) is 7.68. The second-order valence-electron chi connectivity index (χ2n) is 6.42. The molecule has 23 heavy (non-hydrogen) atoms. The number of ether oxygens (including phenoxy) is 2. The summed E-state index contributed by atoms with van der Waals surface area (Å²) in [4.78, 5) is 14.7. The van der Waals surface area contributed by atoms with Gasteiger partial charge in [-0.15, -0.1) is 0 Å². The van der Waals surface area contributed by atoms with Crippen LogP contribution >= 0.6 is 0 Å². The predicted octanol–water partition coefficient (Wildman–Crippen LogP) is 2.19. The first-order chi connectivity index (χ1) is 11.0. The number of carbonyl (C=O) groups is 1. The third-order valence-electron chi connectivity index (χ3n) is 4.44. The summed E-state index contributed by atoms with van der Waals surface area (Å²) in [5.41, 5.74) is 0.641. The Morgan fingerprint density at radius 2 is 1.87 bits per heavy atom. The number of unbranched alkanes of at least 4 members (excludes halogenated alkanes) is 1. The van der Waals surface area contributed by atoms with Crippen molar-refractivity contribution in [1.82, 2.24) is 10.2 Å². The van der Waals surface area contributed by atoms with Crippen molar-refractivity contribution in [3.8, 4) is 11.5 Å². The Morgan fingerprint density at radius 3 is 2.43 bits per heavy atom. The summed E-state index contributed by atoms with van der Waals surface area (Å²) in [5, 5.41) is 3.09. The average Bonchev–Trinajstić information content (AvgIpc) is 3.35. The largest absolute Gasteiger partial charge is 0.493 e. The van der Waals surface area contributed by atoms with Gasteiger partial charge < -0.3 is 19.7 Å². The van der Waals surface area contributed by atoms with Crippen molar-refractivity contribution < 1.29 is 14.3 Å². The van der Waals surface area contributed by atoms with Crippen LogP contribution in [0.4, 0.5) is 0 Å². The summed E-state index contributed by atoms with van der Waals surface area (Å²) in [7, 11) is 7.36. The maximum absolute atomic E-state index is 12.6. The van der Waals surface area contributed by atoms with Gasteiger partial charge in [0.2, 0.25) is 5.91 Å². The SMILES string of the molecule is COc1ccc(C2(C(=O)NCCCCN(C)C)CC2)cc1OC. The highest BCUT2D eigenvalue weighted by atomic mass is 16.5. The zero-order chi connectivity index (χ0) is 16.9. The van der Waals surface area contributed by atoms with Gasteiger partial charge in [0, 0.05) is 6.54 Å². The Balaban J connectivity index is 1.95. The topological polar surface area (TPSA) is 50.8 Å². The van der Waals surface area contributed by atoms with Gasteiger partial charge in [0.25, 0.3) is 0 Å². The van der Waals surface area contributed by atoms with Gasteiger partial charge in [-0.3, -0.25) is 4.79 Å². The van der Waals surface area contributed by atoms with Crippen LogP contribution in [0.3, 0.4) is 0 Å². The van der Waals surface area contributed by atoms with E-state index in [0.29, 0.717) is 11.5 Å². The van der Waals surface area contributed by atoms with E-state index in [-0.39, 0.29) is 11.3 Å². The third-order valence-corrected chi connectivity index (χ3v) is 4.44. The molecule has 0 aromatic heterocycles. The quantitative estimate of drug-likeness (QED) is 0.709. The van der Waals surface area contributed by atoms with Crippen LogP contribution in [-0.4, -0.2) is 52.2 Å². The van der Waals surface area contributed by atoms with Crippen molar-refractivity contribution in [2.24, 2.45) is 0 Å². The van der Waals surface area contributed by atoms with Crippen molar-refractivity contribution >= 4 is 5.91 Å². The van der Waals surface area contributed by atoms with Gasteiger partial charge in [-0.05, 0) is 64.0 Å². The molecule has 1 fully saturated rings. The molecule has 0 bridgehead atoms. The molecule has 1 aliphatic carbocycles. The normalized spacial score (nSPS) is 15.3. The van der Waals surface area contributed by atoms with Gasteiger partial charge >= 0.3 is 0 Å². The number of nitrogens with zero attached hydrogens (tertiary/aromatic N) is 1. The van der Waals surface area contributed by atoms with Gasteiger partial charge in [0.15, 0.2) is 11.5 Å². The summed E-state index contributed by atoms with van der Waals surface area (Å²) >= 11 is 0. The van der Waals surface area contributed by atoms with Gasteiger partial charge in [-0.1, -0.05) is 6.07 Å². The maximum Gasteiger partial charge on any atom is 0.230 e. The summed E-state index contributed by atoms with van der Waals surface area (Å²) < 4.78 is 10.6. The molecular formula is C18H28N2O3. The average molecular weight is 320 g/mol. The first kappa shape index (κ1) is 17.6. The Morgan fingerprint density at radius 1 is 1.17 bits per heavy atom. The van der Waals surface area contributed by atoms with Crippen molar-refractivity contribution in [1.29, 1.82) is 0 Å². The molecule has 5 nitrogen and oxygen atoms in total. The van der Waals surface area contributed by atoms with Gasteiger partial charge in [-0.2, -0.15) is 0 Å². The third kappa shape index (κ3) is 4.16. The van der Waals surface area contributed by atoms with Crippen LogP contribution in [0.25, 0.3) is 0 Å². The minimum absolute atomic E-state index is 0.134. The first-order valence-corrected chi connectivity index (χ1v) is 8.19. The van der Waals surface area contributed by atoms with Crippen LogP contribution in [0, 0.1) is 0 Å². The van der Waals surface area contributed by atoms with Crippen LogP contribution in [0.2, 0.25) is 0 Å². The van der Waals surface area contributed by atoms with E-state index in [1.807, 2.05) is 18.2 Å². The first-order valence-electron chi connectivity index (χ1n) is 8.19. The van der Waals surface area contributed by atoms with Gasteiger partial charge in [-0.25, -0.2) is 0 Å². The number of nitrogens with one attached hydrogen (secondary N) is 1. The van der Waals surface area contributed by atoms with E-state index in [1.165, 1.54) is 0 Å². The molecule has 0 atom stereocenters. The molecule has 1 amide bonds. The van der Waals surface area contributed by atoms with E-state index in [2.05, 4.69) is 24.3 Å². The lowest BCUT2D eigenvalue weighted by Crippen LogP contribution is -2.35. The fraction of sp³-hybridized carbons (Fsp3) is 0.611. The van der Waals surface area contributed by atoms with Crippen molar-refractivity contribution in [3.63, 3.8) is 0 Å². The molecule has 5 heteroatoms. The maximum atomic E-state index is 12.6. The standard InChI is InChI=1S/C18H28N2O3/c1-20(2)12-6-5-11-19-17(21)18(9-10-18)14-7-8-15(22-3)16(13-14)23-4/h7-8,13H,5-6,9-12H2,1-4H3,(H,19,21). The van der Waals surface area contributed by atoms with Gasteiger partial charge in [0.05, 0.1) is 19.6 Å². The highest BCUT2D eigenvalue weighted by molar-refractivity contribution is 5.91. The molecule has 1 aliphatic rings. The van der Waals surface area contributed by atoms with Crippen LogP contribution in [0.15, 0.2) is 18.2 Å². The Bertz CT molecular complexity index is 539. The van der Waals surface area contributed by atoms with Crippen LogP contribution in [-0.2, 0) is 10.2 Å². The number of hydrogen-bond donors (Lipinski definition) is 1. The Labute approximate surface area is 139 Å². The van der Waals surface area contributed by atoms with E-state index < -0.39 is 0 Å². The highest BCUT2D eigenvalue weighted by Gasteiger charge is 2.51. The molecule has 1 aromatic rings. The summed E-state index contributed by atoms with van der Waals surface area (Å²) in [6, 6.07) is 5.77. The van der Waals surface area contributed by atoms with E-state index >= 15 is 0 Å². The van der Waals surface area contributed by atoms with Crippen molar-refractivity contribution in [2.45, 2.75) is 31.1 Å². The summed E-state index contributed by atoms with van der Waals surface area (Å²) in [6.45, 7) is 1.79. The minimum Gasteiger partial charge on any atom is -0.493 e. The number of benzene rings is 1. The lowest BCUT2D eigenvalue weighted by molar-refractivity contribution is -0.123. The predicted molar refractivity (Wildman–Crippen MR) is 91.3 cm³/mol. The fourth-order valence-corrected chi connectivity index (χ4v) is 2.83. The molecule has 0 saturated heterocycles. The van der Waals surface area contributed by atoms with Gasteiger partial charge in [0.1, 0.15) is 0 Å². The number of hydrogen-bond acceptors (Lipinski definition) is 4. The molecule has 0 unspecified atom stereocenters. The lowest BCUT2D eigenvalue weighted by Gasteiger charge is -2.18. The number of rotatable bonds is 9. The number of amides is 1. The fourth-order valence-electron chi connectivity index (χ4n) is 2.83. The van der Waals surface area contributed by atoms with Crippen LogP contribution < -0.4 is 14.8 Å². The molecule has 0 radical (unpaired) electrons. The Kier molecular flexibility index (Phi) is 5.88. The summed E-state index contributed by atoms with van der Waals surface area (Å²) in [6.07, 6.45) is 3.89. The molecular weight excluding hydrogens is 292 g/mol. The zero-order valence-electron chi connectivity index (χ0n) is 14.6. The van der Waals surface area contributed by atoms with Crippen LogP contribution in [0.1, 0.15) is 31.2 Å². The molecule has 0 spiro atoms. The smallest absolute Gasteiger partial charge is 0.230 e. The van der Waals surface area contributed by atoms with E-state index in [4.69, 9.17) is 9.47 Å². The van der Waals surface area contributed by atoms with Crippen LogP contribution in [0.5, 0.6) is 11.5 Å². The van der Waals surface area contributed by atoms with E-state index in [0.717, 1.165) is 44.3 Å². The molecule has 0 heterocycles. The molecule has 1 N–H and O–H groups in total. The molecule has 1 saturated carbocycles. The molecule has 1 aromatic carbocycles.